The Hall–Kier alpha value is -1.89. The molecule has 0 bridgehead atoms. The Labute approximate surface area is 164 Å². The summed E-state index contributed by atoms with van der Waals surface area (Å²) in [4.78, 5) is 40.5. The van der Waals surface area contributed by atoms with E-state index in [0.29, 0.717) is 30.1 Å². The van der Waals surface area contributed by atoms with Crippen LogP contribution in [0, 0.1) is 18.8 Å². The number of carbonyl (C=O) groups is 3. The Morgan fingerprint density at radius 2 is 1.93 bits per heavy atom. The summed E-state index contributed by atoms with van der Waals surface area (Å²) in [6.07, 6.45) is 4.26. The number of carbonyl (C=O) groups excluding carboxylic acids is 3. The van der Waals surface area contributed by atoms with Crippen LogP contribution in [0.2, 0.25) is 0 Å². The first-order valence-electron chi connectivity index (χ1n) is 9.85. The van der Waals surface area contributed by atoms with Crippen LogP contribution >= 0.6 is 11.3 Å². The van der Waals surface area contributed by atoms with Gasteiger partial charge in [0.05, 0.1) is 18.1 Å². The number of hydrogen-bond acceptors (Lipinski definition) is 5. The van der Waals surface area contributed by atoms with E-state index in [1.54, 1.807) is 6.92 Å². The lowest BCUT2D eigenvalue weighted by Crippen LogP contribution is -2.44. The zero-order valence-corrected chi connectivity index (χ0v) is 17.1. The first kappa shape index (κ1) is 19.9. The highest BCUT2D eigenvalue weighted by molar-refractivity contribution is 7.16. The summed E-state index contributed by atoms with van der Waals surface area (Å²) in [5, 5.41) is 3.53. The number of anilines is 1. The van der Waals surface area contributed by atoms with E-state index in [0.717, 1.165) is 42.7 Å². The Morgan fingerprint density at radius 3 is 2.56 bits per heavy atom. The molecule has 1 atom stereocenters. The molecule has 2 aliphatic rings. The highest BCUT2D eigenvalue weighted by atomic mass is 32.1. The second-order valence-electron chi connectivity index (χ2n) is 7.30. The molecule has 2 amide bonds. The number of amides is 2. The highest BCUT2D eigenvalue weighted by Crippen LogP contribution is 2.35. The average molecular weight is 393 g/mol. The SMILES string of the molecule is CCOC(=O)c1c(NC(=O)C2CCCN(C(=O)C3CC3)C2)sc(C)c1CC. The average Bonchev–Trinajstić information content (AvgIpc) is 3.45. The fourth-order valence-electron chi connectivity index (χ4n) is 3.71. The maximum atomic E-state index is 12.9. The minimum absolute atomic E-state index is 0.113. The van der Waals surface area contributed by atoms with Crippen molar-refractivity contribution in [3.63, 3.8) is 0 Å². The van der Waals surface area contributed by atoms with Crippen molar-refractivity contribution < 1.29 is 19.1 Å². The van der Waals surface area contributed by atoms with E-state index in [1.807, 2.05) is 18.7 Å². The molecule has 1 saturated carbocycles. The summed E-state index contributed by atoms with van der Waals surface area (Å²) in [5.41, 5.74) is 1.42. The minimum atomic E-state index is -0.386. The second-order valence-corrected chi connectivity index (χ2v) is 8.53. The lowest BCUT2D eigenvalue weighted by Gasteiger charge is -2.32. The molecule has 1 aliphatic heterocycles. The van der Waals surface area contributed by atoms with Crippen LogP contribution in [0.15, 0.2) is 0 Å². The molecule has 3 rings (SSSR count). The number of hydrogen-bond donors (Lipinski definition) is 1. The van der Waals surface area contributed by atoms with Gasteiger partial charge in [0, 0.05) is 23.9 Å². The van der Waals surface area contributed by atoms with Crippen LogP contribution in [0.3, 0.4) is 0 Å². The minimum Gasteiger partial charge on any atom is -0.462 e. The smallest absolute Gasteiger partial charge is 0.341 e. The van der Waals surface area contributed by atoms with Crippen molar-refractivity contribution in [1.29, 1.82) is 0 Å². The fourth-order valence-corrected chi connectivity index (χ4v) is 4.84. The molecule has 0 radical (unpaired) electrons. The van der Waals surface area contributed by atoms with Crippen LogP contribution in [-0.4, -0.2) is 42.4 Å². The third kappa shape index (κ3) is 4.34. The lowest BCUT2D eigenvalue weighted by atomic mass is 9.96. The molecule has 2 fully saturated rings. The molecule has 2 heterocycles. The number of piperidine rings is 1. The summed E-state index contributed by atoms with van der Waals surface area (Å²) >= 11 is 1.42. The summed E-state index contributed by atoms with van der Waals surface area (Å²) < 4.78 is 5.20. The number of ether oxygens (including phenoxy) is 1. The molecule has 0 aromatic carbocycles. The van der Waals surface area contributed by atoms with Crippen molar-refractivity contribution in [3.8, 4) is 0 Å². The topological polar surface area (TPSA) is 75.7 Å². The zero-order valence-electron chi connectivity index (χ0n) is 16.3. The quantitative estimate of drug-likeness (QED) is 0.753. The van der Waals surface area contributed by atoms with E-state index in [4.69, 9.17) is 4.74 Å². The highest BCUT2D eigenvalue weighted by Gasteiger charge is 2.37. The lowest BCUT2D eigenvalue weighted by molar-refractivity contribution is -0.135. The molecule has 148 valence electrons. The van der Waals surface area contributed by atoms with Crippen molar-refractivity contribution in [3.05, 3.63) is 16.0 Å². The summed E-state index contributed by atoms with van der Waals surface area (Å²) in [6, 6.07) is 0. The standard InChI is InChI=1S/C20H28N2O4S/c1-4-15-12(3)27-18(16(15)20(25)26-5-2)21-17(23)14-7-6-10-22(11-14)19(24)13-8-9-13/h13-14H,4-11H2,1-3H3,(H,21,23). The predicted octanol–water partition coefficient (Wildman–Crippen LogP) is 3.38. The van der Waals surface area contributed by atoms with Crippen LogP contribution < -0.4 is 5.32 Å². The number of nitrogens with one attached hydrogen (secondary N) is 1. The van der Waals surface area contributed by atoms with Gasteiger partial charge in [-0.15, -0.1) is 11.3 Å². The van der Waals surface area contributed by atoms with Crippen LogP contribution in [0.5, 0.6) is 0 Å². The number of esters is 1. The number of nitrogens with zero attached hydrogens (tertiary/aromatic N) is 1. The van der Waals surface area contributed by atoms with E-state index < -0.39 is 0 Å². The first-order valence-corrected chi connectivity index (χ1v) is 10.7. The Bertz CT molecular complexity index is 739. The van der Waals surface area contributed by atoms with Gasteiger partial charge in [0.2, 0.25) is 11.8 Å². The van der Waals surface area contributed by atoms with E-state index in [-0.39, 0.29) is 29.6 Å². The maximum Gasteiger partial charge on any atom is 0.341 e. The third-order valence-electron chi connectivity index (χ3n) is 5.31. The van der Waals surface area contributed by atoms with E-state index in [2.05, 4.69) is 5.32 Å². The molecule has 1 N–H and O–H groups in total. The number of aryl methyl sites for hydroxylation is 1. The van der Waals surface area contributed by atoms with Crippen molar-refractivity contribution in [2.75, 3.05) is 25.0 Å². The van der Waals surface area contributed by atoms with Crippen molar-refractivity contribution >= 4 is 34.1 Å². The molecular formula is C20H28N2O4S. The maximum absolute atomic E-state index is 12.9. The van der Waals surface area contributed by atoms with Crippen molar-refractivity contribution in [2.45, 2.75) is 52.9 Å². The van der Waals surface area contributed by atoms with Crippen molar-refractivity contribution in [1.82, 2.24) is 4.90 Å². The van der Waals surface area contributed by atoms with Crippen LogP contribution in [0.4, 0.5) is 5.00 Å². The van der Waals surface area contributed by atoms with Gasteiger partial charge >= 0.3 is 5.97 Å². The summed E-state index contributed by atoms with van der Waals surface area (Å²) in [6.45, 7) is 7.23. The second kappa shape index (κ2) is 8.42. The van der Waals surface area contributed by atoms with Gasteiger partial charge in [-0.25, -0.2) is 4.79 Å². The summed E-state index contributed by atoms with van der Waals surface area (Å²) in [7, 11) is 0. The predicted molar refractivity (Wildman–Crippen MR) is 105 cm³/mol. The molecule has 7 heteroatoms. The summed E-state index contributed by atoms with van der Waals surface area (Å²) in [5.74, 6) is -0.362. The van der Waals surface area contributed by atoms with Gasteiger partial charge in [-0.05, 0) is 51.5 Å². The molecule has 1 aromatic heterocycles. The number of likely N-dealkylation sites (tertiary alicyclic amines) is 1. The van der Waals surface area contributed by atoms with Gasteiger partial charge in [-0.3, -0.25) is 9.59 Å². The van der Waals surface area contributed by atoms with E-state index in [9.17, 15) is 14.4 Å². The van der Waals surface area contributed by atoms with E-state index in [1.165, 1.54) is 11.3 Å². The van der Waals surface area contributed by atoms with Gasteiger partial charge in [0.25, 0.3) is 0 Å². The van der Waals surface area contributed by atoms with Gasteiger partial charge < -0.3 is 15.0 Å². The molecule has 6 nitrogen and oxygen atoms in total. The largest absolute Gasteiger partial charge is 0.462 e. The Morgan fingerprint density at radius 1 is 1.19 bits per heavy atom. The molecule has 1 aromatic rings. The molecule has 1 aliphatic carbocycles. The van der Waals surface area contributed by atoms with Gasteiger partial charge in [0.1, 0.15) is 5.00 Å². The number of rotatable bonds is 6. The zero-order chi connectivity index (χ0) is 19.6. The monoisotopic (exact) mass is 392 g/mol. The normalized spacial score (nSPS) is 19.7. The Kier molecular flexibility index (Phi) is 6.19. The van der Waals surface area contributed by atoms with Crippen LogP contribution in [0.1, 0.15) is 60.3 Å². The third-order valence-corrected chi connectivity index (χ3v) is 6.37. The number of thiophene rings is 1. The van der Waals surface area contributed by atoms with Gasteiger partial charge in [-0.1, -0.05) is 6.92 Å². The molecule has 27 heavy (non-hydrogen) atoms. The van der Waals surface area contributed by atoms with Crippen molar-refractivity contribution in [2.24, 2.45) is 11.8 Å². The van der Waals surface area contributed by atoms with E-state index >= 15 is 0 Å². The first-order chi connectivity index (χ1) is 13.0. The van der Waals surface area contributed by atoms with Crippen LogP contribution in [-0.2, 0) is 20.7 Å². The van der Waals surface area contributed by atoms with Gasteiger partial charge in [0.15, 0.2) is 0 Å². The Balaban J connectivity index is 1.73. The molecule has 1 saturated heterocycles. The molecule has 0 spiro atoms. The molecular weight excluding hydrogens is 364 g/mol. The van der Waals surface area contributed by atoms with Crippen LogP contribution in [0.25, 0.3) is 0 Å². The fraction of sp³-hybridized carbons (Fsp3) is 0.650. The van der Waals surface area contributed by atoms with Gasteiger partial charge in [-0.2, -0.15) is 0 Å². The molecule has 1 unspecified atom stereocenters.